The minimum absolute atomic E-state index is 0.0678. The first kappa shape index (κ1) is 12.3. The molecule has 0 aromatic rings. The van der Waals surface area contributed by atoms with E-state index in [9.17, 15) is 8.42 Å². The molecule has 4 N–H and O–H groups in total. The van der Waals surface area contributed by atoms with Gasteiger partial charge < -0.3 is 10.8 Å². The van der Waals surface area contributed by atoms with Gasteiger partial charge in [-0.2, -0.15) is 5.26 Å². The van der Waals surface area contributed by atoms with Crippen molar-refractivity contribution in [2.45, 2.75) is 19.1 Å². The third-order valence-electron chi connectivity index (χ3n) is 1.41. The van der Waals surface area contributed by atoms with E-state index in [2.05, 4.69) is 4.72 Å². The van der Waals surface area contributed by atoms with Crippen LogP contribution in [0.15, 0.2) is 0 Å². The lowest BCUT2D eigenvalue weighted by Gasteiger charge is -2.14. The molecule has 0 aromatic heterocycles. The fourth-order valence-corrected chi connectivity index (χ4v) is 1.25. The van der Waals surface area contributed by atoms with Gasteiger partial charge in [-0.15, -0.1) is 0 Å². The predicted molar refractivity (Wildman–Crippen MR) is 47.1 cm³/mol. The van der Waals surface area contributed by atoms with Gasteiger partial charge >= 0.3 is 0 Å². The van der Waals surface area contributed by atoms with Gasteiger partial charge in [0.1, 0.15) is 0 Å². The molecule has 0 rings (SSSR count). The first-order valence-corrected chi connectivity index (χ1v) is 5.32. The third-order valence-corrected chi connectivity index (χ3v) is 2.53. The average molecular weight is 207 g/mol. The molecule has 0 saturated heterocycles. The van der Waals surface area contributed by atoms with Gasteiger partial charge in [0, 0.05) is 12.6 Å². The molecule has 0 spiro atoms. The molecule has 76 valence electrons. The third kappa shape index (κ3) is 5.54. The van der Waals surface area contributed by atoms with Crippen molar-refractivity contribution in [3.8, 4) is 6.07 Å². The van der Waals surface area contributed by atoms with Crippen LogP contribution in [0, 0.1) is 11.3 Å². The van der Waals surface area contributed by atoms with Gasteiger partial charge in [-0.1, -0.05) is 0 Å². The van der Waals surface area contributed by atoms with Crippen molar-refractivity contribution in [3.05, 3.63) is 0 Å². The van der Waals surface area contributed by atoms with Gasteiger partial charge in [-0.05, 0) is 6.92 Å². The lowest BCUT2D eigenvalue weighted by molar-refractivity contribution is 0.164. The van der Waals surface area contributed by atoms with Crippen molar-refractivity contribution in [1.29, 1.82) is 5.26 Å². The second kappa shape index (κ2) is 5.14. The number of nitrogens with two attached hydrogens (primary N) is 1. The van der Waals surface area contributed by atoms with Gasteiger partial charge in [-0.3, -0.25) is 0 Å². The summed E-state index contributed by atoms with van der Waals surface area (Å²) in [5.74, 6) is -0.598. The molecule has 0 aliphatic rings. The second-order valence-electron chi connectivity index (χ2n) is 2.67. The molecular weight excluding hydrogens is 194 g/mol. The Morgan fingerprint density at radius 1 is 1.69 bits per heavy atom. The summed E-state index contributed by atoms with van der Waals surface area (Å²) >= 11 is 0. The van der Waals surface area contributed by atoms with Crippen LogP contribution in [0.1, 0.15) is 6.92 Å². The van der Waals surface area contributed by atoms with Crippen molar-refractivity contribution in [1.82, 2.24) is 4.72 Å². The van der Waals surface area contributed by atoms with Crippen molar-refractivity contribution < 1.29 is 13.5 Å². The SMILES string of the molecule is CC(O)C(N)CNS(=O)(=O)CC#N. The molecule has 2 unspecified atom stereocenters. The smallest absolute Gasteiger partial charge is 0.225 e. The van der Waals surface area contributed by atoms with Gasteiger partial charge in [-0.25, -0.2) is 13.1 Å². The van der Waals surface area contributed by atoms with Crippen LogP contribution in [0.4, 0.5) is 0 Å². The minimum atomic E-state index is -3.56. The molecule has 0 amide bonds. The molecule has 13 heavy (non-hydrogen) atoms. The van der Waals surface area contributed by atoms with Crippen LogP contribution in [0.2, 0.25) is 0 Å². The first-order valence-electron chi connectivity index (χ1n) is 3.67. The lowest BCUT2D eigenvalue weighted by atomic mass is 10.2. The molecule has 0 aliphatic heterocycles. The summed E-state index contributed by atoms with van der Waals surface area (Å²) in [6.07, 6.45) is -0.787. The van der Waals surface area contributed by atoms with E-state index >= 15 is 0 Å². The maximum atomic E-state index is 10.9. The molecule has 0 fully saturated rings. The zero-order valence-electron chi connectivity index (χ0n) is 7.27. The average Bonchev–Trinajstić information content (AvgIpc) is 2.00. The largest absolute Gasteiger partial charge is 0.392 e. The molecule has 0 radical (unpaired) electrons. The van der Waals surface area contributed by atoms with E-state index in [1.54, 1.807) is 0 Å². The quantitative estimate of drug-likeness (QED) is 0.488. The van der Waals surface area contributed by atoms with Crippen LogP contribution in [-0.4, -0.2) is 38.0 Å². The molecule has 0 heterocycles. The highest BCUT2D eigenvalue weighted by atomic mass is 32.2. The van der Waals surface area contributed by atoms with Crippen LogP contribution in [0.25, 0.3) is 0 Å². The van der Waals surface area contributed by atoms with Gasteiger partial charge in [0.05, 0.1) is 12.2 Å². The first-order chi connectivity index (χ1) is 5.89. The zero-order valence-corrected chi connectivity index (χ0v) is 8.08. The topological polar surface area (TPSA) is 116 Å². The standard InChI is InChI=1S/C6H13N3O3S/c1-5(10)6(8)4-9-13(11,12)3-2-7/h5-6,9-10H,3-4,8H2,1H3. The predicted octanol–water partition coefficient (Wildman–Crippen LogP) is -1.86. The Balaban J connectivity index is 3.97. The summed E-state index contributed by atoms with van der Waals surface area (Å²) in [7, 11) is -3.56. The Labute approximate surface area is 77.4 Å². The molecule has 0 aliphatic carbocycles. The Hall–Kier alpha value is -0.680. The summed E-state index contributed by atoms with van der Waals surface area (Å²) < 4.78 is 23.9. The normalized spacial score (nSPS) is 16.2. The molecular formula is C6H13N3O3S. The summed E-state index contributed by atoms with van der Waals surface area (Å²) in [6, 6.07) is 0.848. The van der Waals surface area contributed by atoms with Crippen LogP contribution < -0.4 is 10.5 Å². The van der Waals surface area contributed by atoms with Crippen molar-refractivity contribution in [3.63, 3.8) is 0 Å². The number of aliphatic hydroxyl groups is 1. The van der Waals surface area contributed by atoms with E-state index in [0.29, 0.717) is 0 Å². The highest BCUT2D eigenvalue weighted by Gasteiger charge is 2.14. The van der Waals surface area contributed by atoms with Crippen molar-refractivity contribution in [2.24, 2.45) is 5.73 Å². The maximum absolute atomic E-state index is 10.9. The molecule has 0 bridgehead atoms. The molecule has 0 aromatic carbocycles. The Morgan fingerprint density at radius 3 is 2.62 bits per heavy atom. The van der Waals surface area contributed by atoms with E-state index in [1.807, 2.05) is 0 Å². The zero-order chi connectivity index (χ0) is 10.5. The number of aliphatic hydroxyl groups excluding tert-OH is 1. The molecule has 6 nitrogen and oxygen atoms in total. The Bertz CT molecular complexity index is 280. The summed E-state index contributed by atoms with van der Waals surface area (Å²) in [5, 5.41) is 17.0. The number of nitrogens with one attached hydrogen (secondary N) is 1. The number of hydrogen-bond acceptors (Lipinski definition) is 5. The Morgan fingerprint density at radius 2 is 2.23 bits per heavy atom. The summed E-state index contributed by atoms with van der Waals surface area (Å²) in [4.78, 5) is 0. The van der Waals surface area contributed by atoms with Gasteiger partial charge in [0.15, 0.2) is 5.75 Å². The number of rotatable bonds is 5. The Kier molecular flexibility index (Phi) is 4.87. The number of hydrogen-bond donors (Lipinski definition) is 3. The highest BCUT2D eigenvalue weighted by molar-refractivity contribution is 7.89. The lowest BCUT2D eigenvalue weighted by Crippen LogP contribution is -2.44. The van der Waals surface area contributed by atoms with Crippen molar-refractivity contribution in [2.75, 3.05) is 12.3 Å². The van der Waals surface area contributed by atoms with E-state index in [-0.39, 0.29) is 6.54 Å². The van der Waals surface area contributed by atoms with E-state index < -0.39 is 27.9 Å². The van der Waals surface area contributed by atoms with Crippen LogP contribution in [0.3, 0.4) is 0 Å². The second-order valence-corrected chi connectivity index (χ2v) is 4.48. The van der Waals surface area contributed by atoms with Crippen molar-refractivity contribution >= 4 is 10.0 Å². The summed E-state index contributed by atoms with van der Waals surface area (Å²) in [5.41, 5.74) is 5.36. The van der Waals surface area contributed by atoms with Crippen LogP contribution in [0.5, 0.6) is 0 Å². The fraction of sp³-hybridized carbons (Fsp3) is 0.833. The number of nitriles is 1. The van der Waals surface area contributed by atoms with Gasteiger partial charge in [0.2, 0.25) is 10.0 Å². The molecule has 7 heteroatoms. The van der Waals surface area contributed by atoms with Crippen LogP contribution >= 0.6 is 0 Å². The maximum Gasteiger partial charge on any atom is 0.225 e. The minimum Gasteiger partial charge on any atom is -0.392 e. The fourth-order valence-electron chi connectivity index (χ4n) is 0.530. The number of nitrogens with zero attached hydrogens (tertiary/aromatic N) is 1. The van der Waals surface area contributed by atoms with Gasteiger partial charge in [0.25, 0.3) is 0 Å². The number of sulfonamides is 1. The van der Waals surface area contributed by atoms with Crippen LogP contribution in [-0.2, 0) is 10.0 Å². The monoisotopic (exact) mass is 207 g/mol. The van der Waals surface area contributed by atoms with E-state index in [0.717, 1.165) is 0 Å². The highest BCUT2D eigenvalue weighted by Crippen LogP contribution is 1.88. The molecule has 0 saturated carbocycles. The summed E-state index contributed by atoms with van der Waals surface area (Å²) in [6.45, 7) is 1.39. The van der Waals surface area contributed by atoms with E-state index in [4.69, 9.17) is 16.1 Å². The molecule has 2 atom stereocenters. The van der Waals surface area contributed by atoms with E-state index in [1.165, 1.54) is 13.0 Å².